The summed E-state index contributed by atoms with van der Waals surface area (Å²) in [5.41, 5.74) is 23.9. The van der Waals surface area contributed by atoms with E-state index in [9.17, 15) is 0 Å². The van der Waals surface area contributed by atoms with Gasteiger partial charge in [-0.05, 0) is 153 Å². The average molecular weight is 851 g/mol. The number of rotatable bonds is 8. The van der Waals surface area contributed by atoms with Crippen LogP contribution in [-0.4, -0.2) is 11.1 Å². The van der Waals surface area contributed by atoms with Gasteiger partial charge in [0.05, 0.1) is 5.52 Å². The van der Waals surface area contributed by atoms with Gasteiger partial charge in [0, 0.05) is 45.7 Å². The van der Waals surface area contributed by atoms with E-state index in [1.165, 1.54) is 112 Å². The highest BCUT2D eigenvalue weighted by atomic mass is 15.1. The summed E-state index contributed by atoms with van der Waals surface area (Å²) in [6.07, 6.45) is 9.21. The minimum atomic E-state index is -0.107. The largest absolute Gasteiger partial charge is 0.341 e. The smallest absolute Gasteiger partial charge is 0.0537 e. The van der Waals surface area contributed by atoms with Crippen molar-refractivity contribution < 1.29 is 0 Å². The summed E-state index contributed by atoms with van der Waals surface area (Å²) < 4.78 is 2.41. The zero-order valence-electron chi connectivity index (χ0n) is 38.3. The normalized spacial score (nSPS) is 15.9. The maximum absolute atomic E-state index is 2.60. The Balaban J connectivity index is 1.05. The van der Waals surface area contributed by atoms with Crippen LogP contribution in [0.25, 0.3) is 72.7 Å². The molecule has 2 heterocycles. The number of fused-ring (bicyclic) bond motifs is 5. The van der Waals surface area contributed by atoms with Gasteiger partial charge in [-0.2, -0.15) is 0 Å². The minimum absolute atomic E-state index is 0.107. The molecule has 0 bridgehead atoms. The fourth-order valence-corrected chi connectivity index (χ4v) is 10.7. The summed E-state index contributed by atoms with van der Waals surface area (Å²) in [4.78, 5) is 2.60. The topological polar surface area (TPSA) is 8.17 Å². The summed E-state index contributed by atoms with van der Waals surface area (Å²) >= 11 is 0. The number of benzene rings is 8. The molecule has 0 atom stereocenters. The molecular weight excluding hydrogens is 797 g/mol. The molecule has 0 radical (unpaired) electrons. The third-order valence-corrected chi connectivity index (χ3v) is 14.1. The molecule has 66 heavy (non-hydrogen) atoms. The lowest BCUT2D eigenvalue weighted by Gasteiger charge is -2.30. The molecule has 9 aromatic rings. The first-order valence-corrected chi connectivity index (χ1v) is 23.5. The molecule has 0 N–H and O–H groups in total. The minimum Gasteiger partial charge on any atom is -0.341 e. The van der Waals surface area contributed by atoms with Crippen molar-refractivity contribution >= 4 is 28.2 Å². The van der Waals surface area contributed by atoms with Crippen LogP contribution in [0.3, 0.4) is 0 Å². The van der Waals surface area contributed by atoms with Gasteiger partial charge in [0.25, 0.3) is 0 Å². The Labute approximate surface area is 390 Å². The Morgan fingerprint density at radius 3 is 1.80 bits per heavy atom. The van der Waals surface area contributed by atoms with Gasteiger partial charge in [-0.1, -0.05) is 179 Å². The second-order valence-electron chi connectivity index (χ2n) is 18.4. The first-order valence-electron chi connectivity index (χ1n) is 23.5. The summed E-state index contributed by atoms with van der Waals surface area (Å²) in [5.74, 6) is 0. The molecule has 8 aromatic carbocycles. The fraction of sp³-hybridized carbons (Fsp3) is 0.125. The monoisotopic (exact) mass is 850 g/mol. The second-order valence-corrected chi connectivity index (χ2v) is 18.4. The van der Waals surface area contributed by atoms with Crippen molar-refractivity contribution in [2.75, 3.05) is 11.4 Å². The van der Waals surface area contributed by atoms with E-state index in [1.807, 2.05) is 0 Å². The van der Waals surface area contributed by atoms with Crippen molar-refractivity contribution in [3.05, 3.63) is 252 Å². The molecule has 0 unspecified atom stereocenters. The Hall–Kier alpha value is -7.68. The molecule has 1 aliphatic heterocycles. The standard InChI is InChI=1S/C64H54N2/c1-5-54(43-59-44(2)66(55-26-13-8-14-27-55)63-31-18-16-29-58(59)63)65-37-36-61-57(56-28-15-17-30-60(56)64(61,3)4)34-32-50-39-49(33-35-62(50)65)47-24-19-25-48(38-47)53-41-51(45-20-9-6-10-21-45)40-52(42-53)46-22-11-7-12-23-46/h6-31,33-36,38-43H,5,32,37H2,1-4H3/b54-43+,57-34-,61-36+. The second kappa shape index (κ2) is 17.0. The molecule has 0 spiro atoms. The molecule has 1 aromatic heterocycles. The van der Waals surface area contributed by atoms with E-state index in [0.29, 0.717) is 0 Å². The van der Waals surface area contributed by atoms with E-state index in [2.05, 4.69) is 256 Å². The quantitative estimate of drug-likeness (QED) is 0.148. The maximum Gasteiger partial charge on any atom is 0.0537 e. The van der Waals surface area contributed by atoms with Crippen molar-refractivity contribution in [2.24, 2.45) is 0 Å². The van der Waals surface area contributed by atoms with Crippen LogP contribution in [0.4, 0.5) is 5.69 Å². The molecule has 0 saturated carbocycles. The summed E-state index contributed by atoms with van der Waals surface area (Å²) in [7, 11) is 0. The van der Waals surface area contributed by atoms with Crippen LogP contribution in [0.2, 0.25) is 0 Å². The van der Waals surface area contributed by atoms with Crippen LogP contribution >= 0.6 is 0 Å². The van der Waals surface area contributed by atoms with E-state index in [1.54, 1.807) is 0 Å². The van der Waals surface area contributed by atoms with Gasteiger partial charge in [-0.15, -0.1) is 0 Å². The van der Waals surface area contributed by atoms with Crippen molar-refractivity contribution in [1.29, 1.82) is 0 Å². The Morgan fingerprint density at radius 1 is 0.545 bits per heavy atom. The van der Waals surface area contributed by atoms with Crippen molar-refractivity contribution in [2.45, 2.75) is 46.0 Å². The van der Waals surface area contributed by atoms with Crippen LogP contribution < -0.4 is 4.90 Å². The molecule has 2 nitrogen and oxygen atoms in total. The van der Waals surface area contributed by atoms with Crippen LogP contribution in [0, 0.1) is 6.92 Å². The number of allylic oxidation sites excluding steroid dienone is 4. The Bertz CT molecular complexity index is 3300. The van der Waals surface area contributed by atoms with Crippen molar-refractivity contribution in [1.82, 2.24) is 4.57 Å². The summed E-state index contributed by atoms with van der Waals surface area (Å²) in [6, 6.07) is 73.5. The molecule has 0 amide bonds. The van der Waals surface area contributed by atoms with Gasteiger partial charge in [-0.25, -0.2) is 0 Å². The zero-order chi connectivity index (χ0) is 44.8. The number of hydrogen-bond acceptors (Lipinski definition) is 1. The van der Waals surface area contributed by atoms with Crippen LogP contribution in [0.15, 0.2) is 224 Å². The Kier molecular flexibility index (Phi) is 10.6. The molecule has 1 aliphatic carbocycles. The van der Waals surface area contributed by atoms with E-state index in [-0.39, 0.29) is 5.41 Å². The SMILES string of the molecule is CC/C(=C\c1c(C)n(-c2ccccc2)c2ccccc12)N1C/C=C2\C(=C/Cc3cc(-c4cccc(-c5cc(-c6ccccc6)cc(-c6ccccc6)c5)c4)ccc31)c1ccccc1C2(C)C. The Morgan fingerprint density at radius 2 is 1.11 bits per heavy atom. The molecule has 2 aliphatic rings. The highest BCUT2D eigenvalue weighted by Crippen LogP contribution is 2.50. The number of anilines is 1. The molecule has 0 fully saturated rings. The lowest BCUT2D eigenvalue weighted by atomic mass is 9.82. The summed E-state index contributed by atoms with van der Waals surface area (Å²) in [6.45, 7) is 10.1. The van der Waals surface area contributed by atoms with Crippen molar-refractivity contribution in [3.63, 3.8) is 0 Å². The third-order valence-electron chi connectivity index (χ3n) is 14.1. The van der Waals surface area contributed by atoms with E-state index in [0.717, 1.165) is 19.4 Å². The molecular formula is C64H54N2. The summed E-state index contributed by atoms with van der Waals surface area (Å²) in [5, 5.41) is 1.27. The first-order chi connectivity index (χ1) is 32.4. The predicted octanol–water partition coefficient (Wildman–Crippen LogP) is 16.7. The number of aromatic nitrogens is 1. The molecule has 0 saturated heterocycles. The van der Waals surface area contributed by atoms with Crippen LogP contribution in [0.1, 0.15) is 55.1 Å². The lowest BCUT2D eigenvalue weighted by molar-refractivity contribution is 0.658. The fourth-order valence-electron chi connectivity index (χ4n) is 10.7. The highest BCUT2D eigenvalue weighted by molar-refractivity contribution is 5.94. The van der Waals surface area contributed by atoms with E-state index >= 15 is 0 Å². The third kappa shape index (κ3) is 7.33. The van der Waals surface area contributed by atoms with Gasteiger partial charge in [0.1, 0.15) is 0 Å². The first kappa shape index (κ1) is 41.1. The van der Waals surface area contributed by atoms with Crippen molar-refractivity contribution in [3.8, 4) is 50.2 Å². The number of para-hydroxylation sites is 2. The van der Waals surface area contributed by atoms with Gasteiger partial charge < -0.3 is 9.47 Å². The van der Waals surface area contributed by atoms with E-state index in [4.69, 9.17) is 0 Å². The van der Waals surface area contributed by atoms with Gasteiger partial charge >= 0.3 is 0 Å². The number of hydrogen-bond donors (Lipinski definition) is 0. The maximum atomic E-state index is 2.60. The zero-order valence-corrected chi connectivity index (χ0v) is 38.3. The average Bonchev–Trinajstić information content (AvgIpc) is 3.80. The predicted molar refractivity (Wildman–Crippen MR) is 281 cm³/mol. The molecule has 2 heteroatoms. The number of nitrogens with zero attached hydrogens (tertiary/aromatic N) is 2. The van der Waals surface area contributed by atoms with Gasteiger partial charge in [0.2, 0.25) is 0 Å². The van der Waals surface area contributed by atoms with E-state index < -0.39 is 0 Å². The molecule has 11 rings (SSSR count). The van der Waals surface area contributed by atoms with Crippen LogP contribution in [0.5, 0.6) is 0 Å². The molecule has 320 valence electrons. The van der Waals surface area contributed by atoms with Gasteiger partial charge in [0.15, 0.2) is 0 Å². The highest BCUT2D eigenvalue weighted by Gasteiger charge is 2.38. The van der Waals surface area contributed by atoms with Gasteiger partial charge in [-0.3, -0.25) is 0 Å². The lowest BCUT2D eigenvalue weighted by Crippen LogP contribution is -2.25. The van der Waals surface area contributed by atoms with Crippen LogP contribution in [-0.2, 0) is 11.8 Å².